The summed E-state index contributed by atoms with van der Waals surface area (Å²) in [5.41, 5.74) is 5.39. The van der Waals surface area contributed by atoms with Gasteiger partial charge in [0.05, 0.1) is 5.92 Å². The summed E-state index contributed by atoms with van der Waals surface area (Å²) in [5, 5.41) is 9.31. The van der Waals surface area contributed by atoms with Gasteiger partial charge in [-0.15, -0.1) is 0 Å². The summed E-state index contributed by atoms with van der Waals surface area (Å²) < 4.78 is 0. The molecule has 0 aromatic heterocycles. The Bertz CT molecular complexity index is 190. The third-order valence-corrected chi connectivity index (χ3v) is 5.41. The van der Waals surface area contributed by atoms with Crippen LogP contribution in [0.5, 0.6) is 0 Å². The smallest absolute Gasteiger partial charge is 0.307 e. The number of carboxylic acid groups (broad SMARTS) is 1. The van der Waals surface area contributed by atoms with Gasteiger partial charge >= 0.3 is 5.97 Å². The number of carboxylic acids is 1. The summed E-state index contributed by atoms with van der Waals surface area (Å²) in [6.07, 6.45) is 4.12. The maximum absolute atomic E-state index is 11.0. The monoisotopic (exact) mass is 235 g/mol. The summed E-state index contributed by atoms with van der Waals surface area (Å²) in [6, 6.07) is 0. The van der Waals surface area contributed by atoms with Crippen molar-refractivity contribution in [3.05, 3.63) is 0 Å². The average Bonchev–Trinajstić information content (AvgIpc) is 2.19. The van der Waals surface area contributed by atoms with E-state index in [9.17, 15) is 4.79 Å². The van der Waals surface area contributed by atoms with Gasteiger partial charge < -0.3 is 10.8 Å². The number of rotatable bonds is 5. The van der Waals surface area contributed by atoms with Crippen LogP contribution >= 0.6 is 21.6 Å². The lowest BCUT2D eigenvalue weighted by Gasteiger charge is -2.27. The number of carbonyl (C=O) groups is 1. The minimum absolute atomic E-state index is 0.140. The van der Waals surface area contributed by atoms with Gasteiger partial charge in [0, 0.05) is 17.5 Å². The van der Waals surface area contributed by atoms with E-state index in [1.807, 2.05) is 0 Å². The molecule has 0 radical (unpaired) electrons. The van der Waals surface area contributed by atoms with Crippen LogP contribution in [0.1, 0.15) is 25.7 Å². The van der Waals surface area contributed by atoms with Crippen molar-refractivity contribution in [3.8, 4) is 0 Å². The van der Waals surface area contributed by atoms with E-state index in [2.05, 4.69) is 0 Å². The highest BCUT2D eigenvalue weighted by molar-refractivity contribution is 8.76. The second kappa shape index (κ2) is 6.58. The fraction of sp³-hybridized carbons (Fsp3) is 0.889. The molecule has 1 saturated carbocycles. The molecular weight excluding hydrogens is 218 g/mol. The molecule has 2 unspecified atom stereocenters. The summed E-state index contributed by atoms with van der Waals surface area (Å²) >= 11 is 0. The average molecular weight is 235 g/mol. The molecule has 0 amide bonds. The molecule has 3 nitrogen and oxygen atoms in total. The van der Waals surface area contributed by atoms with Crippen LogP contribution in [0, 0.1) is 5.92 Å². The quantitative estimate of drug-likeness (QED) is 0.563. The van der Waals surface area contributed by atoms with Crippen molar-refractivity contribution in [1.29, 1.82) is 0 Å². The van der Waals surface area contributed by atoms with E-state index < -0.39 is 5.97 Å². The molecular formula is C9H17NO2S2. The third kappa shape index (κ3) is 3.71. The Labute approximate surface area is 92.6 Å². The molecule has 0 aromatic carbocycles. The first-order chi connectivity index (χ1) is 6.75. The second-order valence-corrected chi connectivity index (χ2v) is 6.20. The minimum atomic E-state index is -0.629. The molecule has 1 fully saturated rings. The van der Waals surface area contributed by atoms with Crippen LogP contribution in [0.2, 0.25) is 0 Å². The minimum Gasteiger partial charge on any atom is -0.481 e. The standard InChI is InChI=1S/C9H17NO2S2/c10-5-6-13-14-8-4-2-1-3-7(8)9(11)12/h7-8H,1-6,10H2,(H,11,12). The summed E-state index contributed by atoms with van der Waals surface area (Å²) in [4.78, 5) is 11.0. The SMILES string of the molecule is NCCSSC1CCCCC1C(=O)O. The number of hydrogen-bond donors (Lipinski definition) is 2. The van der Waals surface area contributed by atoms with Gasteiger partial charge in [-0.3, -0.25) is 4.79 Å². The highest BCUT2D eigenvalue weighted by atomic mass is 33.1. The maximum Gasteiger partial charge on any atom is 0.307 e. The van der Waals surface area contributed by atoms with Crippen molar-refractivity contribution in [2.24, 2.45) is 11.7 Å². The Morgan fingerprint density at radius 2 is 2.14 bits per heavy atom. The lowest BCUT2D eigenvalue weighted by molar-refractivity contribution is -0.142. The normalized spacial score (nSPS) is 27.5. The van der Waals surface area contributed by atoms with E-state index in [0.717, 1.165) is 25.0 Å². The number of nitrogens with two attached hydrogens (primary N) is 1. The van der Waals surface area contributed by atoms with Crippen molar-refractivity contribution < 1.29 is 9.90 Å². The Kier molecular flexibility index (Phi) is 5.74. The molecule has 14 heavy (non-hydrogen) atoms. The zero-order valence-corrected chi connectivity index (χ0v) is 9.78. The first-order valence-electron chi connectivity index (χ1n) is 4.97. The number of aliphatic carboxylic acids is 1. The van der Waals surface area contributed by atoms with Gasteiger partial charge in [-0.2, -0.15) is 0 Å². The molecule has 0 aliphatic heterocycles. The van der Waals surface area contributed by atoms with Crippen molar-refractivity contribution in [2.75, 3.05) is 12.3 Å². The Balaban J connectivity index is 2.34. The van der Waals surface area contributed by atoms with Crippen LogP contribution in [0.25, 0.3) is 0 Å². The topological polar surface area (TPSA) is 63.3 Å². The zero-order valence-electron chi connectivity index (χ0n) is 8.15. The molecule has 1 rings (SSSR count). The van der Waals surface area contributed by atoms with E-state index in [1.54, 1.807) is 21.6 Å². The Morgan fingerprint density at radius 3 is 2.79 bits per heavy atom. The second-order valence-electron chi connectivity index (χ2n) is 3.47. The molecule has 2 atom stereocenters. The van der Waals surface area contributed by atoms with E-state index >= 15 is 0 Å². The fourth-order valence-electron chi connectivity index (χ4n) is 1.68. The molecule has 0 aromatic rings. The third-order valence-electron chi connectivity index (χ3n) is 2.41. The first-order valence-corrected chi connectivity index (χ1v) is 7.35. The van der Waals surface area contributed by atoms with Crippen molar-refractivity contribution in [1.82, 2.24) is 0 Å². The van der Waals surface area contributed by atoms with Gasteiger partial charge in [0.15, 0.2) is 0 Å². The van der Waals surface area contributed by atoms with Gasteiger partial charge in [0.1, 0.15) is 0 Å². The van der Waals surface area contributed by atoms with Crippen molar-refractivity contribution >= 4 is 27.6 Å². The molecule has 0 bridgehead atoms. The fourth-order valence-corrected chi connectivity index (χ4v) is 4.49. The van der Waals surface area contributed by atoms with Gasteiger partial charge in [-0.25, -0.2) is 0 Å². The predicted octanol–water partition coefficient (Wildman–Crippen LogP) is 1.97. The van der Waals surface area contributed by atoms with Crippen LogP contribution in [-0.2, 0) is 4.79 Å². The summed E-state index contributed by atoms with van der Waals surface area (Å²) in [6.45, 7) is 0.669. The largest absolute Gasteiger partial charge is 0.481 e. The first kappa shape index (κ1) is 12.2. The van der Waals surface area contributed by atoms with E-state index in [0.29, 0.717) is 6.54 Å². The number of hydrogen-bond acceptors (Lipinski definition) is 4. The molecule has 1 aliphatic rings. The van der Waals surface area contributed by atoms with Crippen LogP contribution in [0.15, 0.2) is 0 Å². The van der Waals surface area contributed by atoms with E-state index in [4.69, 9.17) is 10.8 Å². The van der Waals surface area contributed by atoms with Gasteiger partial charge in [0.2, 0.25) is 0 Å². The molecule has 5 heteroatoms. The van der Waals surface area contributed by atoms with Crippen LogP contribution < -0.4 is 5.73 Å². The van der Waals surface area contributed by atoms with Gasteiger partial charge in [0.25, 0.3) is 0 Å². The van der Waals surface area contributed by atoms with Crippen LogP contribution in [0.4, 0.5) is 0 Å². The van der Waals surface area contributed by atoms with Crippen molar-refractivity contribution in [3.63, 3.8) is 0 Å². The Hall–Kier alpha value is 0.130. The lowest BCUT2D eigenvalue weighted by atomic mass is 9.89. The van der Waals surface area contributed by atoms with E-state index in [1.165, 1.54) is 6.42 Å². The van der Waals surface area contributed by atoms with Crippen LogP contribution in [0.3, 0.4) is 0 Å². The highest BCUT2D eigenvalue weighted by Gasteiger charge is 2.31. The van der Waals surface area contributed by atoms with Crippen molar-refractivity contribution in [2.45, 2.75) is 30.9 Å². The maximum atomic E-state index is 11.0. The molecule has 1 aliphatic carbocycles. The molecule has 3 N–H and O–H groups in total. The van der Waals surface area contributed by atoms with E-state index in [-0.39, 0.29) is 11.2 Å². The highest BCUT2D eigenvalue weighted by Crippen LogP contribution is 2.39. The Morgan fingerprint density at radius 1 is 1.43 bits per heavy atom. The predicted molar refractivity (Wildman–Crippen MR) is 62.5 cm³/mol. The van der Waals surface area contributed by atoms with Crippen LogP contribution in [-0.4, -0.2) is 28.6 Å². The molecule has 0 spiro atoms. The summed E-state index contributed by atoms with van der Waals surface area (Å²) in [5.74, 6) is 0.141. The molecule has 0 heterocycles. The summed E-state index contributed by atoms with van der Waals surface area (Å²) in [7, 11) is 3.42. The van der Waals surface area contributed by atoms with Gasteiger partial charge in [-0.05, 0) is 12.8 Å². The lowest BCUT2D eigenvalue weighted by Crippen LogP contribution is -2.28. The zero-order chi connectivity index (χ0) is 10.4. The molecule has 82 valence electrons. The molecule has 0 saturated heterocycles. The van der Waals surface area contributed by atoms with Gasteiger partial charge in [-0.1, -0.05) is 34.4 Å².